The molecule has 0 aromatic carbocycles. The first-order chi connectivity index (χ1) is 12.2. The number of aliphatic imine (C=N–C) groups is 1. The lowest BCUT2D eigenvalue weighted by molar-refractivity contribution is 0.0203. The second-order valence-electron chi connectivity index (χ2n) is 7.98. The number of nitrogens with zero attached hydrogens (tertiary/aromatic N) is 1. The van der Waals surface area contributed by atoms with Crippen molar-refractivity contribution in [3.63, 3.8) is 0 Å². The van der Waals surface area contributed by atoms with Gasteiger partial charge in [0.1, 0.15) is 0 Å². The molecule has 2 aliphatic rings. The maximum absolute atomic E-state index is 5.82. The Labute approximate surface area is 154 Å². The van der Waals surface area contributed by atoms with Crippen LogP contribution < -0.4 is 10.6 Å². The minimum Gasteiger partial charge on any atom is -0.381 e. The van der Waals surface area contributed by atoms with Gasteiger partial charge in [-0.25, -0.2) is 0 Å². The van der Waals surface area contributed by atoms with Gasteiger partial charge in [-0.1, -0.05) is 13.8 Å². The van der Waals surface area contributed by atoms with E-state index in [1.54, 1.807) is 0 Å². The third-order valence-electron chi connectivity index (χ3n) is 5.73. The molecule has 146 valence electrons. The molecule has 5 heteroatoms. The molecule has 0 aromatic rings. The number of guanidine groups is 1. The van der Waals surface area contributed by atoms with Gasteiger partial charge in [0.05, 0.1) is 0 Å². The number of hydrogen-bond acceptors (Lipinski definition) is 3. The molecule has 0 aromatic heterocycles. The van der Waals surface area contributed by atoms with Crippen LogP contribution in [0.25, 0.3) is 0 Å². The molecule has 25 heavy (non-hydrogen) atoms. The van der Waals surface area contributed by atoms with Gasteiger partial charge in [0.25, 0.3) is 0 Å². The van der Waals surface area contributed by atoms with Crippen LogP contribution in [-0.2, 0) is 9.47 Å². The maximum atomic E-state index is 5.82. The highest BCUT2D eigenvalue weighted by molar-refractivity contribution is 5.79. The Morgan fingerprint density at radius 2 is 1.84 bits per heavy atom. The molecular formula is C20H39N3O2. The van der Waals surface area contributed by atoms with Crippen molar-refractivity contribution in [1.82, 2.24) is 10.6 Å². The molecular weight excluding hydrogens is 314 g/mol. The van der Waals surface area contributed by atoms with Crippen LogP contribution in [-0.4, -0.2) is 52.0 Å². The Bertz CT molecular complexity index is 373. The van der Waals surface area contributed by atoms with Crippen molar-refractivity contribution in [2.75, 3.05) is 40.0 Å². The predicted octanol–water partition coefficient (Wildman–Crippen LogP) is 3.20. The topological polar surface area (TPSA) is 54.9 Å². The summed E-state index contributed by atoms with van der Waals surface area (Å²) in [5, 5.41) is 7.02. The third kappa shape index (κ3) is 7.95. The van der Waals surface area contributed by atoms with Gasteiger partial charge >= 0.3 is 0 Å². The van der Waals surface area contributed by atoms with Gasteiger partial charge in [0.2, 0.25) is 0 Å². The number of ether oxygens (including phenoxy) is 2. The fourth-order valence-corrected chi connectivity index (χ4v) is 3.86. The van der Waals surface area contributed by atoms with E-state index >= 15 is 0 Å². The fraction of sp³-hybridized carbons (Fsp3) is 0.950. The number of rotatable bonds is 8. The van der Waals surface area contributed by atoms with Crippen LogP contribution in [0.1, 0.15) is 58.8 Å². The van der Waals surface area contributed by atoms with Gasteiger partial charge in [-0.3, -0.25) is 4.99 Å². The molecule has 0 unspecified atom stereocenters. The summed E-state index contributed by atoms with van der Waals surface area (Å²) >= 11 is 0. The first-order valence-electron chi connectivity index (χ1n) is 10.3. The lowest BCUT2D eigenvalue weighted by atomic mass is 9.80. The van der Waals surface area contributed by atoms with Crippen LogP contribution >= 0.6 is 0 Å². The normalized spacial score (nSPS) is 26.0. The molecule has 2 N–H and O–H groups in total. The molecule has 5 nitrogen and oxygen atoms in total. The highest BCUT2D eigenvalue weighted by Crippen LogP contribution is 2.29. The summed E-state index contributed by atoms with van der Waals surface area (Å²) in [5.41, 5.74) is 0. The van der Waals surface area contributed by atoms with E-state index < -0.39 is 0 Å². The van der Waals surface area contributed by atoms with E-state index in [4.69, 9.17) is 9.47 Å². The Kier molecular flexibility index (Phi) is 9.63. The third-order valence-corrected chi connectivity index (χ3v) is 5.73. The summed E-state index contributed by atoms with van der Waals surface area (Å²) in [7, 11) is 1.86. The van der Waals surface area contributed by atoms with Crippen molar-refractivity contribution in [2.24, 2.45) is 22.7 Å². The molecule has 2 fully saturated rings. The summed E-state index contributed by atoms with van der Waals surface area (Å²) in [6, 6.07) is 0.575. The molecule has 0 amide bonds. The van der Waals surface area contributed by atoms with E-state index in [9.17, 15) is 0 Å². The maximum Gasteiger partial charge on any atom is 0.191 e. The summed E-state index contributed by atoms with van der Waals surface area (Å²) in [5.74, 6) is 3.36. The average Bonchev–Trinajstić information content (AvgIpc) is 2.64. The Balaban J connectivity index is 1.50. The lowest BCUT2D eigenvalue weighted by Crippen LogP contribution is -2.45. The SMILES string of the molecule is CN=C(NCCCOCC1CCOCC1)NC1CCC(C(C)C)CC1. The van der Waals surface area contributed by atoms with Crippen molar-refractivity contribution in [3.05, 3.63) is 0 Å². The second-order valence-corrected chi connectivity index (χ2v) is 7.98. The summed E-state index contributed by atoms with van der Waals surface area (Å²) in [6.07, 6.45) is 8.51. The number of nitrogens with one attached hydrogen (secondary N) is 2. The molecule has 2 rings (SSSR count). The minimum atomic E-state index is 0.575. The Morgan fingerprint density at radius 1 is 1.12 bits per heavy atom. The summed E-state index contributed by atoms with van der Waals surface area (Å²) < 4.78 is 11.2. The van der Waals surface area contributed by atoms with Crippen LogP contribution in [0.5, 0.6) is 0 Å². The molecule has 0 radical (unpaired) electrons. The highest BCUT2D eigenvalue weighted by atomic mass is 16.5. The fourth-order valence-electron chi connectivity index (χ4n) is 3.86. The Morgan fingerprint density at radius 3 is 2.48 bits per heavy atom. The van der Waals surface area contributed by atoms with Crippen molar-refractivity contribution in [3.8, 4) is 0 Å². The zero-order chi connectivity index (χ0) is 17.9. The smallest absolute Gasteiger partial charge is 0.191 e. The molecule has 0 spiro atoms. The molecule has 1 saturated heterocycles. The van der Waals surface area contributed by atoms with E-state index in [1.807, 2.05) is 7.05 Å². The number of hydrogen-bond donors (Lipinski definition) is 2. The molecule has 1 saturated carbocycles. The zero-order valence-corrected chi connectivity index (χ0v) is 16.6. The van der Waals surface area contributed by atoms with E-state index in [0.29, 0.717) is 12.0 Å². The largest absolute Gasteiger partial charge is 0.381 e. The zero-order valence-electron chi connectivity index (χ0n) is 16.6. The summed E-state index contributed by atoms with van der Waals surface area (Å²) in [4.78, 5) is 4.37. The molecule has 1 aliphatic carbocycles. The molecule has 0 bridgehead atoms. The van der Waals surface area contributed by atoms with Crippen LogP contribution in [0.4, 0.5) is 0 Å². The minimum absolute atomic E-state index is 0.575. The molecule has 1 aliphatic heterocycles. The van der Waals surface area contributed by atoms with E-state index in [0.717, 1.165) is 70.0 Å². The first kappa shape index (κ1) is 20.5. The van der Waals surface area contributed by atoms with Gasteiger partial charge in [-0.05, 0) is 62.7 Å². The van der Waals surface area contributed by atoms with Gasteiger partial charge in [0.15, 0.2) is 5.96 Å². The van der Waals surface area contributed by atoms with Crippen LogP contribution in [0.3, 0.4) is 0 Å². The van der Waals surface area contributed by atoms with Crippen LogP contribution in [0.15, 0.2) is 4.99 Å². The average molecular weight is 354 g/mol. The lowest BCUT2D eigenvalue weighted by Gasteiger charge is -2.32. The highest BCUT2D eigenvalue weighted by Gasteiger charge is 2.23. The second kappa shape index (κ2) is 11.7. The van der Waals surface area contributed by atoms with Crippen LogP contribution in [0.2, 0.25) is 0 Å². The van der Waals surface area contributed by atoms with Gasteiger partial charge < -0.3 is 20.1 Å². The van der Waals surface area contributed by atoms with E-state index in [-0.39, 0.29) is 0 Å². The molecule has 0 atom stereocenters. The van der Waals surface area contributed by atoms with Crippen molar-refractivity contribution in [2.45, 2.75) is 64.8 Å². The quantitative estimate of drug-likeness (QED) is 0.400. The van der Waals surface area contributed by atoms with Gasteiger partial charge in [-0.15, -0.1) is 0 Å². The van der Waals surface area contributed by atoms with Crippen LogP contribution in [0, 0.1) is 17.8 Å². The summed E-state index contributed by atoms with van der Waals surface area (Å²) in [6.45, 7) is 9.12. The Hall–Kier alpha value is -0.810. The van der Waals surface area contributed by atoms with E-state index in [2.05, 4.69) is 29.5 Å². The van der Waals surface area contributed by atoms with Crippen molar-refractivity contribution in [1.29, 1.82) is 0 Å². The van der Waals surface area contributed by atoms with Gasteiger partial charge in [0, 0.05) is 46.1 Å². The standard InChI is InChI=1S/C20H39N3O2/c1-16(2)18-5-7-19(8-6-18)23-20(21-3)22-11-4-12-25-15-17-9-13-24-14-10-17/h16-19H,4-15H2,1-3H3,(H2,21,22,23). The predicted molar refractivity (Wildman–Crippen MR) is 104 cm³/mol. The van der Waals surface area contributed by atoms with Crippen molar-refractivity contribution >= 4 is 5.96 Å². The molecule has 1 heterocycles. The van der Waals surface area contributed by atoms with Gasteiger partial charge in [-0.2, -0.15) is 0 Å². The van der Waals surface area contributed by atoms with Crippen molar-refractivity contribution < 1.29 is 9.47 Å². The monoisotopic (exact) mass is 353 g/mol. The first-order valence-corrected chi connectivity index (χ1v) is 10.3. The van der Waals surface area contributed by atoms with E-state index in [1.165, 1.54) is 25.7 Å².